The second-order valence-electron chi connectivity index (χ2n) is 5.00. The number of hydrogen-bond acceptors (Lipinski definition) is 1. The van der Waals surface area contributed by atoms with Crippen LogP contribution in [0.3, 0.4) is 0 Å². The van der Waals surface area contributed by atoms with Crippen LogP contribution in [0.25, 0.3) is 0 Å². The van der Waals surface area contributed by atoms with Gasteiger partial charge >= 0.3 is 0 Å². The third kappa shape index (κ3) is 4.00. The largest absolute Gasteiger partial charge is 0.323 e. The van der Waals surface area contributed by atoms with Crippen molar-refractivity contribution in [2.45, 2.75) is 19.8 Å². The molecule has 3 nitrogen and oxygen atoms in total. The van der Waals surface area contributed by atoms with Gasteiger partial charge in [-0.2, -0.15) is 0 Å². The monoisotopic (exact) mass is 247 g/mol. The van der Waals surface area contributed by atoms with Gasteiger partial charge in [0.05, 0.1) is 20.6 Å². The third-order valence-electron chi connectivity index (χ3n) is 3.09. The first-order valence-corrected chi connectivity index (χ1v) is 6.36. The van der Waals surface area contributed by atoms with Crippen molar-refractivity contribution in [1.82, 2.24) is 4.48 Å². The minimum absolute atomic E-state index is 0.178. The molecule has 3 heteroatoms. The van der Waals surface area contributed by atoms with Gasteiger partial charge in [0.2, 0.25) is 5.91 Å². The van der Waals surface area contributed by atoms with Crippen molar-refractivity contribution in [3.63, 3.8) is 0 Å². The highest BCUT2D eigenvalue weighted by Gasteiger charge is 2.17. The van der Waals surface area contributed by atoms with Crippen molar-refractivity contribution >= 4 is 17.3 Å². The number of amides is 1. The number of carbonyl (C=O) groups excluding carboxylic acids is 1. The molecular weight excluding hydrogens is 224 g/mol. The molecule has 0 spiro atoms. The number of nitrogens with zero attached hydrogens (tertiary/aromatic N) is 1. The summed E-state index contributed by atoms with van der Waals surface area (Å²) in [4.78, 5) is 11.2. The normalized spacial score (nSPS) is 11.1. The zero-order valence-electron chi connectivity index (χ0n) is 11.6. The topological polar surface area (TPSA) is 29.1 Å². The minimum atomic E-state index is -0.178. The summed E-state index contributed by atoms with van der Waals surface area (Å²) in [5.41, 5.74) is 2.05. The summed E-state index contributed by atoms with van der Waals surface area (Å²) in [6, 6.07) is 7.99. The first-order chi connectivity index (χ1) is 8.49. The molecule has 0 heterocycles. The van der Waals surface area contributed by atoms with Crippen molar-refractivity contribution in [1.29, 1.82) is 0 Å². The Labute approximate surface area is 110 Å². The van der Waals surface area contributed by atoms with Crippen LogP contribution in [-0.4, -0.2) is 26.5 Å². The van der Waals surface area contributed by atoms with Gasteiger partial charge in [-0.1, -0.05) is 19.9 Å². The number of benzene rings is 1. The van der Waals surface area contributed by atoms with Crippen LogP contribution in [0, 0.1) is 0 Å². The van der Waals surface area contributed by atoms with Crippen LogP contribution in [0.2, 0.25) is 0 Å². The summed E-state index contributed by atoms with van der Waals surface area (Å²) in [6.45, 7) is 6.75. The Kier molecular flexibility index (Phi) is 5.10. The molecule has 18 heavy (non-hydrogen) atoms. The lowest BCUT2D eigenvalue weighted by atomic mass is 10.2. The fourth-order valence-corrected chi connectivity index (χ4v) is 1.82. The summed E-state index contributed by atoms with van der Waals surface area (Å²) in [7, 11) is 4.40. The maximum atomic E-state index is 11.2. The molecule has 1 N–H and O–H groups in total. The van der Waals surface area contributed by atoms with Crippen molar-refractivity contribution in [3.8, 4) is 0 Å². The predicted octanol–water partition coefficient (Wildman–Crippen LogP) is 3.18. The molecule has 0 aromatic heterocycles. The fraction of sp³-hybridized carbons (Fsp3) is 0.400. The maximum Gasteiger partial charge on any atom is 0.247 e. The fourth-order valence-electron chi connectivity index (χ4n) is 1.82. The standard InChI is InChI=1S/C15H22N2O/c1-5-7-12-17(3,4)14-10-8-13(9-11-14)16-15(18)6-2/h6,8-11H,2,5,7,12H2,1,3-4H3/p+1. The van der Waals surface area contributed by atoms with Gasteiger partial charge in [-0.05, 0) is 24.6 Å². The molecule has 1 amide bonds. The molecule has 0 unspecified atom stereocenters. The van der Waals surface area contributed by atoms with Gasteiger partial charge in [0.1, 0.15) is 5.69 Å². The van der Waals surface area contributed by atoms with Crippen molar-refractivity contribution in [2.24, 2.45) is 0 Å². The van der Waals surface area contributed by atoms with E-state index >= 15 is 0 Å². The molecule has 0 bridgehead atoms. The lowest BCUT2D eigenvalue weighted by molar-refractivity contribution is -0.111. The van der Waals surface area contributed by atoms with Gasteiger partial charge < -0.3 is 5.32 Å². The van der Waals surface area contributed by atoms with E-state index in [-0.39, 0.29) is 5.91 Å². The van der Waals surface area contributed by atoms with Crippen LogP contribution in [-0.2, 0) is 4.79 Å². The molecule has 0 aliphatic carbocycles. The van der Waals surface area contributed by atoms with Crippen LogP contribution in [0.1, 0.15) is 19.8 Å². The lowest BCUT2D eigenvalue weighted by Gasteiger charge is -2.29. The van der Waals surface area contributed by atoms with Crippen LogP contribution >= 0.6 is 0 Å². The molecule has 0 aliphatic heterocycles. The summed E-state index contributed by atoms with van der Waals surface area (Å²) in [5, 5.41) is 2.75. The molecule has 1 aromatic rings. The number of rotatable bonds is 6. The van der Waals surface area contributed by atoms with Gasteiger partial charge in [0, 0.05) is 17.8 Å². The Hall–Kier alpha value is -1.61. The number of anilines is 1. The molecule has 0 radical (unpaired) electrons. The molecule has 98 valence electrons. The van der Waals surface area contributed by atoms with E-state index < -0.39 is 0 Å². The molecule has 0 saturated carbocycles. The van der Waals surface area contributed by atoms with Crippen molar-refractivity contribution < 1.29 is 4.79 Å². The van der Waals surface area contributed by atoms with Crippen LogP contribution in [0.4, 0.5) is 11.4 Å². The van der Waals surface area contributed by atoms with E-state index in [1.807, 2.05) is 12.1 Å². The summed E-state index contributed by atoms with van der Waals surface area (Å²) in [5.74, 6) is -0.178. The van der Waals surface area contributed by atoms with Gasteiger partial charge in [0.25, 0.3) is 0 Å². The molecule has 0 fully saturated rings. The number of unbranched alkanes of at least 4 members (excludes halogenated alkanes) is 1. The quantitative estimate of drug-likeness (QED) is 0.607. The van der Waals surface area contributed by atoms with E-state index in [1.54, 1.807) is 0 Å². The average Bonchev–Trinajstić information content (AvgIpc) is 2.37. The number of carbonyl (C=O) groups is 1. The highest BCUT2D eigenvalue weighted by Crippen LogP contribution is 2.22. The van der Waals surface area contributed by atoms with Gasteiger partial charge in [-0.15, -0.1) is 0 Å². The molecule has 0 aliphatic rings. The number of hydrogen-bond donors (Lipinski definition) is 1. The van der Waals surface area contributed by atoms with E-state index in [9.17, 15) is 4.79 Å². The molecule has 1 rings (SSSR count). The Morgan fingerprint density at radius 3 is 2.44 bits per heavy atom. The Bertz CT molecular complexity index is 407. The van der Waals surface area contributed by atoms with Gasteiger partial charge in [-0.25, -0.2) is 0 Å². The van der Waals surface area contributed by atoms with E-state index in [4.69, 9.17) is 0 Å². The van der Waals surface area contributed by atoms with Crippen molar-refractivity contribution in [3.05, 3.63) is 36.9 Å². The SMILES string of the molecule is C=CC(=O)Nc1ccc([N+](C)(C)CCCC)cc1. The van der Waals surface area contributed by atoms with Crippen molar-refractivity contribution in [2.75, 3.05) is 26.0 Å². The van der Waals surface area contributed by atoms with Crippen LogP contribution in [0.15, 0.2) is 36.9 Å². The maximum absolute atomic E-state index is 11.2. The lowest BCUT2D eigenvalue weighted by Crippen LogP contribution is -2.41. The van der Waals surface area contributed by atoms with Gasteiger partial charge in [0.15, 0.2) is 0 Å². The molecule has 1 aromatic carbocycles. The Morgan fingerprint density at radius 2 is 1.94 bits per heavy atom. The van der Waals surface area contributed by atoms with E-state index in [2.05, 4.69) is 45.0 Å². The number of nitrogens with one attached hydrogen (secondary N) is 1. The zero-order valence-corrected chi connectivity index (χ0v) is 11.6. The first kappa shape index (κ1) is 14.5. The second kappa shape index (κ2) is 6.36. The first-order valence-electron chi connectivity index (χ1n) is 6.36. The van der Waals surface area contributed by atoms with E-state index in [0.29, 0.717) is 0 Å². The molecule has 0 atom stereocenters. The predicted molar refractivity (Wildman–Crippen MR) is 78.7 cm³/mol. The Morgan fingerprint density at radius 1 is 1.33 bits per heavy atom. The highest BCUT2D eigenvalue weighted by molar-refractivity contribution is 5.98. The average molecular weight is 247 g/mol. The molecular formula is C15H23N2O+. The highest BCUT2D eigenvalue weighted by atomic mass is 16.1. The van der Waals surface area contributed by atoms with E-state index in [1.165, 1.54) is 24.6 Å². The second-order valence-corrected chi connectivity index (χ2v) is 5.00. The smallest absolute Gasteiger partial charge is 0.247 e. The van der Waals surface area contributed by atoms with Crippen LogP contribution < -0.4 is 9.80 Å². The number of quaternary nitrogens is 1. The van der Waals surface area contributed by atoms with Crippen LogP contribution in [0.5, 0.6) is 0 Å². The summed E-state index contributed by atoms with van der Waals surface area (Å²) < 4.78 is 0.865. The summed E-state index contributed by atoms with van der Waals surface area (Å²) >= 11 is 0. The zero-order chi connectivity index (χ0) is 13.6. The van der Waals surface area contributed by atoms with E-state index in [0.717, 1.165) is 16.7 Å². The molecule has 0 saturated heterocycles. The summed E-state index contributed by atoms with van der Waals surface area (Å²) in [6.07, 6.45) is 3.69. The minimum Gasteiger partial charge on any atom is -0.323 e. The van der Waals surface area contributed by atoms with Gasteiger partial charge in [-0.3, -0.25) is 9.28 Å². The third-order valence-corrected chi connectivity index (χ3v) is 3.09. The Balaban J connectivity index is 2.75.